The molecule has 2 rings (SSSR count). The molecule has 2 fully saturated rings. The summed E-state index contributed by atoms with van der Waals surface area (Å²) in [5, 5.41) is -0.0451. The van der Waals surface area contributed by atoms with Crippen molar-refractivity contribution >= 4 is 23.7 Å². The lowest BCUT2D eigenvalue weighted by Gasteiger charge is -2.34. The van der Waals surface area contributed by atoms with Gasteiger partial charge in [0.15, 0.2) is 0 Å². The average molecular weight is 332 g/mol. The van der Waals surface area contributed by atoms with Crippen LogP contribution < -0.4 is 0 Å². The van der Waals surface area contributed by atoms with Crippen LogP contribution in [0.5, 0.6) is 0 Å². The summed E-state index contributed by atoms with van der Waals surface area (Å²) in [5.74, 6) is 0.109. The highest BCUT2D eigenvalue weighted by molar-refractivity contribution is 6.20. The Morgan fingerprint density at radius 3 is 2.41 bits per heavy atom. The van der Waals surface area contributed by atoms with E-state index in [0.29, 0.717) is 12.3 Å². The van der Waals surface area contributed by atoms with Gasteiger partial charge in [-0.3, -0.25) is 4.90 Å². The molecule has 126 valence electrons. The number of rotatable bonds is 2. The smallest absolute Gasteiger partial charge is 0.411 e. The van der Waals surface area contributed by atoms with E-state index >= 15 is 0 Å². The Balaban J connectivity index is 2.28. The number of esters is 1. The zero-order valence-electron chi connectivity index (χ0n) is 14.0. The van der Waals surface area contributed by atoms with Crippen LogP contribution in [0.3, 0.4) is 0 Å². The first kappa shape index (κ1) is 17.4. The monoisotopic (exact) mass is 331 g/mol. The second-order valence-electron chi connectivity index (χ2n) is 7.33. The van der Waals surface area contributed by atoms with Crippen LogP contribution in [-0.2, 0) is 14.3 Å². The van der Waals surface area contributed by atoms with E-state index in [-0.39, 0.29) is 23.3 Å². The van der Waals surface area contributed by atoms with E-state index in [1.54, 1.807) is 4.90 Å². The van der Waals surface area contributed by atoms with Gasteiger partial charge in [-0.25, -0.2) is 9.59 Å². The van der Waals surface area contributed by atoms with E-state index in [1.165, 1.54) is 7.11 Å². The predicted molar refractivity (Wildman–Crippen MR) is 83.8 cm³/mol. The summed E-state index contributed by atoms with van der Waals surface area (Å²) in [5.41, 5.74) is -0.601. The number of ether oxygens (including phenoxy) is 2. The SMILES string of the molecule is COC(=O)[C@@H]1C[C@@H]2CC[C@@H]([C@@H](C)Cl)[C@@H]2N1C(=O)OC(C)(C)C. The van der Waals surface area contributed by atoms with Gasteiger partial charge in [0.2, 0.25) is 0 Å². The van der Waals surface area contributed by atoms with Crippen LogP contribution in [-0.4, -0.2) is 47.1 Å². The van der Waals surface area contributed by atoms with Crippen LogP contribution >= 0.6 is 11.6 Å². The van der Waals surface area contributed by atoms with E-state index < -0.39 is 17.7 Å². The minimum atomic E-state index is -0.601. The number of hydrogen-bond acceptors (Lipinski definition) is 4. The topological polar surface area (TPSA) is 55.8 Å². The maximum Gasteiger partial charge on any atom is 0.411 e. The van der Waals surface area contributed by atoms with Crippen LogP contribution in [0.4, 0.5) is 4.79 Å². The number of nitrogens with zero attached hydrogens (tertiary/aromatic N) is 1. The molecule has 1 saturated carbocycles. The molecule has 0 aromatic rings. The van der Waals surface area contributed by atoms with Crippen molar-refractivity contribution < 1.29 is 19.1 Å². The largest absolute Gasteiger partial charge is 0.467 e. The summed E-state index contributed by atoms with van der Waals surface area (Å²) in [6.07, 6.45) is 2.16. The first-order valence-electron chi connectivity index (χ1n) is 7.89. The van der Waals surface area contributed by atoms with Gasteiger partial charge in [-0.1, -0.05) is 0 Å². The molecule has 6 heteroatoms. The molecule has 1 aliphatic heterocycles. The third kappa shape index (κ3) is 3.34. The molecule has 5 nitrogen and oxygen atoms in total. The maximum absolute atomic E-state index is 12.7. The first-order chi connectivity index (χ1) is 10.2. The molecule has 0 radical (unpaired) electrons. The molecule has 0 bridgehead atoms. The van der Waals surface area contributed by atoms with Crippen molar-refractivity contribution in [1.29, 1.82) is 0 Å². The first-order valence-corrected chi connectivity index (χ1v) is 8.32. The normalized spacial score (nSPS) is 32.5. The lowest BCUT2D eigenvalue weighted by Crippen LogP contribution is -2.50. The Kier molecular flexibility index (Phi) is 4.95. The number of alkyl halides is 1. The molecule has 0 N–H and O–H groups in total. The molecule has 1 heterocycles. The summed E-state index contributed by atoms with van der Waals surface area (Å²) in [6, 6.07) is -0.598. The van der Waals surface area contributed by atoms with Gasteiger partial charge in [0.25, 0.3) is 0 Å². The summed E-state index contributed by atoms with van der Waals surface area (Å²) in [4.78, 5) is 26.3. The summed E-state index contributed by atoms with van der Waals surface area (Å²) < 4.78 is 10.4. The van der Waals surface area contributed by atoms with Crippen LogP contribution in [0.1, 0.15) is 47.0 Å². The molecule has 0 aromatic heterocycles. The second kappa shape index (κ2) is 6.26. The van der Waals surface area contributed by atoms with Gasteiger partial charge >= 0.3 is 12.1 Å². The Morgan fingerprint density at radius 1 is 1.27 bits per heavy atom. The number of fused-ring (bicyclic) bond motifs is 1. The van der Waals surface area contributed by atoms with Gasteiger partial charge < -0.3 is 9.47 Å². The van der Waals surface area contributed by atoms with Crippen LogP contribution in [0, 0.1) is 11.8 Å². The fourth-order valence-electron chi connectivity index (χ4n) is 3.81. The molecule has 0 aromatic carbocycles. The quantitative estimate of drug-likeness (QED) is 0.576. The van der Waals surface area contributed by atoms with Crippen molar-refractivity contribution in [2.45, 2.75) is 70.0 Å². The van der Waals surface area contributed by atoms with E-state index in [1.807, 2.05) is 27.7 Å². The maximum atomic E-state index is 12.7. The molecular formula is C16H26ClNO4. The molecule has 1 aliphatic carbocycles. The molecule has 5 atom stereocenters. The number of amides is 1. The van der Waals surface area contributed by atoms with Crippen LogP contribution in [0.2, 0.25) is 0 Å². The number of carbonyl (C=O) groups is 2. The summed E-state index contributed by atoms with van der Waals surface area (Å²) in [7, 11) is 1.35. The van der Waals surface area contributed by atoms with Crippen molar-refractivity contribution in [3.8, 4) is 0 Å². The van der Waals surface area contributed by atoms with Gasteiger partial charge in [0, 0.05) is 11.4 Å². The van der Waals surface area contributed by atoms with Crippen molar-refractivity contribution in [1.82, 2.24) is 4.90 Å². The Morgan fingerprint density at radius 2 is 1.91 bits per heavy atom. The fourth-order valence-corrected chi connectivity index (χ4v) is 4.08. The second-order valence-corrected chi connectivity index (χ2v) is 8.02. The van der Waals surface area contributed by atoms with Gasteiger partial charge in [-0.15, -0.1) is 11.6 Å². The van der Waals surface area contributed by atoms with E-state index in [9.17, 15) is 9.59 Å². The highest BCUT2D eigenvalue weighted by Crippen LogP contribution is 2.47. The van der Waals surface area contributed by atoms with E-state index in [2.05, 4.69) is 0 Å². The van der Waals surface area contributed by atoms with Crippen molar-refractivity contribution in [2.24, 2.45) is 11.8 Å². The third-order valence-corrected chi connectivity index (χ3v) is 4.97. The third-order valence-electron chi connectivity index (χ3n) is 4.64. The molecule has 22 heavy (non-hydrogen) atoms. The van der Waals surface area contributed by atoms with Gasteiger partial charge in [0.05, 0.1) is 7.11 Å². The Hall–Kier alpha value is -0.970. The molecule has 0 spiro atoms. The Bertz CT molecular complexity index is 446. The molecule has 0 unspecified atom stereocenters. The Labute approximate surface area is 137 Å². The number of halogens is 1. The number of carbonyl (C=O) groups excluding carboxylic acids is 2. The van der Waals surface area contributed by atoms with Crippen molar-refractivity contribution in [3.05, 3.63) is 0 Å². The van der Waals surface area contributed by atoms with Gasteiger partial charge in [-0.2, -0.15) is 0 Å². The van der Waals surface area contributed by atoms with Crippen LogP contribution in [0.15, 0.2) is 0 Å². The van der Waals surface area contributed by atoms with E-state index in [0.717, 1.165) is 12.8 Å². The molecule has 1 saturated heterocycles. The zero-order valence-corrected chi connectivity index (χ0v) is 14.7. The van der Waals surface area contributed by atoms with Crippen LogP contribution in [0.25, 0.3) is 0 Å². The lowest BCUT2D eigenvalue weighted by molar-refractivity contribution is -0.146. The fraction of sp³-hybridized carbons (Fsp3) is 0.875. The molecule has 2 aliphatic rings. The van der Waals surface area contributed by atoms with Gasteiger partial charge in [0.1, 0.15) is 11.6 Å². The summed E-state index contributed by atoms with van der Waals surface area (Å²) >= 11 is 6.32. The average Bonchev–Trinajstić information content (AvgIpc) is 2.92. The molecular weight excluding hydrogens is 306 g/mol. The standard InChI is InChI=1S/C16H26ClNO4/c1-9(17)11-7-6-10-8-12(14(19)21-5)18(13(10)11)15(20)22-16(2,3)4/h9-13H,6-8H2,1-5H3/t9-,10+,11+,12+,13-/m1/s1. The van der Waals surface area contributed by atoms with E-state index in [4.69, 9.17) is 21.1 Å². The number of likely N-dealkylation sites (tertiary alicyclic amines) is 1. The van der Waals surface area contributed by atoms with Gasteiger partial charge in [-0.05, 0) is 58.8 Å². The zero-order chi connectivity index (χ0) is 16.7. The highest BCUT2D eigenvalue weighted by Gasteiger charge is 2.55. The number of hydrogen-bond donors (Lipinski definition) is 0. The minimum absolute atomic E-state index is 0.0357. The lowest BCUT2D eigenvalue weighted by atomic mass is 9.96. The molecule has 1 amide bonds. The number of methoxy groups -OCH3 is 1. The summed E-state index contributed by atoms with van der Waals surface area (Å²) in [6.45, 7) is 7.42. The predicted octanol–water partition coefficient (Wildman–Crippen LogP) is 3.19. The van der Waals surface area contributed by atoms with Crippen molar-refractivity contribution in [2.75, 3.05) is 7.11 Å². The minimum Gasteiger partial charge on any atom is -0.467 e. The highest BCUT2D eigenvalue weighted by atomic mass is 35.5. The van der Waals surface area contributed by atoms with Crippen molar-refractivity contribution in [3.63, 3.8) is 0 Å².